The molecule has 0 unspecified atom stereocenters. The monoisotopic (exact) mass is 360 g/mol. The second-order valence-corrected chi connectivity index (χ2v) is 7.22. The van der Waals surface area contributed by atoms with Gasteiger partial charge in [-0.1, -0.05) is 61.5 Å². The molecule has 0 amide bonds. The second-order valence-electron chi connectivity index (χ2n) is 6.36. The standard InChI is InChI=1S/C22H20N2OS/c1-2-16-8-10-18(11-9-16)19-14-26-21-20(19)22(25)24(15-23-21)13-12-17-6-4-3-5-7-17/h3-11,14-15H,2,12-13H2,1H3. The minimum absolute atomic E-state index is 0.0433. The number of nitrogens with zero attached hydrogens (tertiary/aromatic N) is 2. The molecule has 0 fully saturated rings. The Kier molecular flexibility index (Phi) is 4.67. The average molecular weight is 360 g/mol. The zero-order valence-electron chi connectivity index (χ0n) is 14.7. The lowest BCUT2D eigenvalue weighted by Crippen LogP contribution is -2.21. The van der Waals surface area contributed by atoms with Crippen LogP contribution < -0.4 is 5.56 Å². The summed E-state index contributed by atoms with van der Waals surface area (Å²) in [5.74, 6) is 0. The Bertz CT molecular complexity index is 1080. The minimum atomic E-state index is 0.0433. The molecule has 2 heterocycles. The van der Waals surface area contributed by atoms with E-state index in [4.69, 9.17) is 0 Å². The van der Waals surface area contributed by atoms with E-state index in [2.05, 4.69) is 48.3 Å². The van der Waals surface area contributed by atoms with Crippen LogP contribution in [0, 0.1) is 0 Å². The Balaban J connectivity index is 1.71. The predicted octanol–water partition coefficient (Wildman–Crippen LogP) is 4.93. The highest BCUT2D eigenvalue weighted by molar-refractivity contribution is 7.17. The van der Waals surface area contributed by atoms with Gasteiger partial charge in [-0.15, -0.1) is 11.3 Å². The maximum absolute atomic E-state index is 13.1. The van der Waals surface area contributed by atoms with Crippen LogP contribution in [0.25, 0.3) is 21.3 Å². The van der Waals surface area contributed by atoms with E-state index in [9.17, 15) is 4.79 Å². The van der Waals surface area contributed by atoms with Gasteiger partial charge in [0.1, 0.15) is 4.83 Å². The Morgan fingerprint density at radius 1 is 1.00 bits per heavy atom. The lowest BCUT2D eigenvalue weighted by Gasteiger charge is -2.07. The summed E-state index contributed by atoms with van der Waals surface area (Å²) in [5.41, 5.74) is 4.63. The average Bonchev–Trinajstić information content (AvgIpc) is 3.13. The van der Waals surface area contributed by atoms with E-state index < -0.39 is 0 Å². The molecule has 0 aliphatic carbocycles. The van der Waals surface area contributed by atoms with Gasteiger partial charge in [0.15, 0.2) is 0 Å². The zero-order valence-corrected chi connectivity index (χ0v) is 15.5. The highest BCUT2D eigenvalue weighted by Gasteiger charge is 2.13. The minimum Gasteiger partial charge on any atom is -0.298 e. The fourth-order valence-corrected chi connectivity index (χ4v) is 4.06. The summed E-state index contributed by atoms with van der Waals surface area (Å²) in [5, 5.41) is 2.77. The van der Waals surface area contributed by atoms with Crippen LogP contribution in [-0.4, -0.2) is 9.55 Å². The topological polar surface area (TPSA) is 34.9 Å². The van der Waals surface area contributed by atoms with Crippen molar-refractivity contribution in [3.05, 3.63) is 87.8 Å². The quantitative estimate of drug-likeness (QED) is 0.506. The molecule has 0 bridgehead atoms. The van der Waals surface area contributed by atoms with Gasteiger partial charge in [0.05, 0.1) is 11.7 Å². The number of aryl methyl sites for hydroxylation is 3. The Morgan fingerprint density at radius 3 is 2.50 bits per heavy atom. The predicted molar refractivity (Wildman–Crippen MR) is 109 cm³/mol. The summed E-state index contributed by atoms with van der Waals surface area (Å²) < 4.78 is 1.73. The highest BCUT2D eigenvalue weighted by Crippen LogP contribution is 2.30. The van der Waals surface area contributed by atoms with Gasteiger partial charge in [-0.05, 0) is 29.5 Å². The van der Waals surface area contributed by atoms with Gasteiger partial charge in [-0.25, -0.2) is 4.98 Å². The van der Waals surface area contributed by atoms with Crippen molar-refractivity contribution in [1.29, 1.82) is 0 Å². The highest BCUT2D eigenvalue weighted by atomic mass is 32.1. The van der Waals surface area contributed by atoms with E-state index in [1.807, 2.05) is 23.6 Å². The normalized spacial score (nSPS) is 11.1. The fraction of sp³-hybridized carbons (Fsp3) is 0.182. The maximum atomic E-state index is 13.1. The van der Waals surface area contributed by atoms with Crippen molar-refractivity contribution >= 4 is 21.6 Å². The molecule has 0 radical (unpaired) electrons. The van der Waals surface area contributed by atoms with Crippen molar-refractivity contribution < 1.29 is 0 Å². The molecule has 130 valence electrons. The fourth-order valence-electron chi connectivity index (χ4n) is 3.15. The van der Waals surface area contributed by atoms with Crippen LogP contribution in [0.2, 0.25) is 0 Å². The number of fused-ring (bicyclic) bond motifs is 1. The van der Waals surface area contributed by atoms with E-state index >= 15 is 0 Å². The molecule has 0 saturated heterocycles. The summed E-state index contributed by atoms with van der Waals surface area (Å²) in [4.78, 5) is 18.4. The molecule has 0 spiro atoms. The molecule has 2 aromatic heterocycles. The van der Waals surface area contributed by atoms with Crippen LogP contribution in [0.15, 0.2) is 71.1 Å². The largest absolute Gasteiger partial charge is 0.298 e. The first kappa shape index (κ1) is 16.7. The first-order chi connectivity index (χ1) is 12.8. The van der Waals surface area contributed by atoms with Gasteiger partial charge in [0, 0.05) is 17.5 Å². The van der Waals surface area contributed by atoms with E-state index in [0.717, 1.165) is 34.2 Å². The van der Waals surface area contributed by atoms with Gasteiger partial charge < -0.3 is 0 Å². The molecule has 4 rings (SSSR count). The Labute approximate surface area is 156 Å². The van der Waals surface area contributed by atoms with Crippen molar-refractivity contribution in [3.8, 4) is 11.1 Å². The second kappa shape index (κ2) is 7.26. The van der Waals surface area contributed by atoms with E-state index in [0.29, 0.717) is 6.54 Å². The summed E-state index contributed by atoms with van der Waals surface area (Å²) in [6.07, 6.45) is 3.51. The number of benzene rings is 2. The third kappa shape index (κ3) is 3.20. The molecule has 2 aromatic carbocycles. The summed E-state index contributed by atoms with van der Waals surface area (Å²) in [6, 6.07) is 18.7. The molecule has 0 atom stereocenters. The third-order valence-corrected chi connectivity index (χ3v) is 5.60. The first-order valence-corrected chi connectivity index (χ1v) is 9.74. The van der Waals surface area contributed by atoms with Crippen LogP contribution in [0.3, 0.4) is 0 Å². The Morgan fingerprint density at radius 2 is 1.77 bits per heavy atom. The molecule has 3 nitrogen and oxygen atoms in total. The van der Waals surface area contributed by atoms with Crippen molar-refractivity contribution in [2.75, 3.05) is 0 Å². The molecule has 0 aliphatic heterocycles. The van der Waals surface area contributed by atoms with Crippen molar-refractivity contribution in [2.24, 2.45) is 0 Å². The van der Waals surface area contributed by atoms with E-state index in [1.54, 1.807) is 10.9 Å². The molecule has 26 heavy (non-hydrogen) atoms. The van der Waals surface area contributed by atoms with Crippen molar-refractivity contribution in [3.63, 3.8) is 0 Å². The number of rotatable bonds is 5. The molecule has 0 aliphatic rings. The van der Waals surface area contributed by atoms with Crippen LogP contribution in [0.4, 0.5) is 0 Å². The van der Waals surface area contributed by atoms with E-state index in [-0.39, 0.29) is 5.56 Å². The summed E-state index contributed by atoms with van der Waals surface area (Å²) in [7, 11) is 0. The van der Waals surface area contributed by atoms with Crippen LogP contribution >= 0.6 is 11.3 Å². The smallest absolute Gasteiger partial charge is 0.262 e. The molecule has 4 aromatic rings. The van der Waals surface area contributed by atoms with Gasteiger partial charge in [0.25, 0.3) is 5.56 Å². The summed E-state index contributed by atoms with van der Waals surface area (Å²) >= 11 is 1.53. The molecular formula is C22H20N2OS. The van der Waals surface area contributed by atoms with Crippen LogP contribution in [-0.2, 0) is 19.4 Å². The van der Waals surface area contributed by atoms with Gasteiger partial charge in [-0.2, -0.15) is 0 Å². The molecular weight excluding hydrogens is 340 g/mol. The van der Waals surface area contributed by atoms with Gasteiger partial charge in [-0.3, -0.25) is 9.36 Å². The SMILES string of the molecule is CCc1ccc(-c2csc3ncn(CCc4ccccc4)c(=O)c23)cc1. The van der Waals surface area contributed by atoms with Crippen molar-refractivity contribution in [1.82, 2.24) is 9.55 Å². The van der Waals surface area contributed by atoms with Gasteiger partial charge in [0.2, 0.25) is 0 Å². The lowest BCUT2D eigenvalue weighted by molar-refractivity contribution is 0.663. The van der Waals surface area contributed by atoms with E-state index in [1.165, 1.54) is 22.5 Å². The van der Waals surface area contributed by atoms with Crippen LogP contribution in [0.1, 0.15) is 18.1 Å². The van der Waals surface area contributed by atoms with Gasteiger partial charge >= 0.3 is 0 Å². The maximum Gasteiger partial charge on any atom is 0.262 e. The first-order valence-electron chi connectivity index (χ1n) is 8.86. The number of hydrogen-bond acceptors (Lipinski definition) is 3. The molecule has 0 N–H and O–H groups in total. The number of hydrogen-bond donors (Lipinski definition) is 0. The number of thiophene rings is 1. The molecule has 0 saturated carbocycles. The van der Waals surface area contributed by atoms with Crippen molar-refractivity contribution in [2.45, 2.75) is 26.3 Å². The summed E-state index contributed by atoms with van der Waals surface area (Å²) in [6.45, 7) is 2.78. The number of aromatic nitrogens is 2. The lowest BCUT2D eigenvalue weighted by atomic mass is 10.0. The van der Waals surface area contributed by atoms with Crippen LogP contribution in [0.5, 0.6) is 0 Å². The third-order valence-electron chi connectivity index (χ3n) is 4.72. The Hall–Kier alpha value is -2.72. The molecule has 4 heteroatoms. The zero-order chi connectivity index (χ0) is 17.9.